The van der Waals surface area contributed by atoms with E-state index in [0.29, 0.717) is 16.1 Å². The van der Waals surface area contributed by atoms with Crippen LogP contribution in [0.2, 0.25) is 0 Å². The lowest BCUT2D eigenvalue weighted by atomic mass is 9.89. The molecule has 7 nitrogen and oxygen atoms in total. The summed E-state index contributed by atoms with van der Waals surface area (Å²) in [5.74, 6) is -0.764. The van der Waals surface area contributed by atoms with Gasteiger partial charge in [0.2, 0.25) is 5.82 Å². The van der Waals surface area contributed by atoms with Crippen LogP contribution in [-0.4, -0.2) is 34.2 Å². The molecule has 2 aromatic rings. The summed E-state index contributed by atoms with van der Waals surface area (Å²) in [5.41, 5.74) is 0.672. The maximum absolute atomic E-state index is 13.4. The van der Waals surface area contributed by atoms with Gasteiger partial charge in [-0.05, 0) is 63.4 Å². The molecule has 0 aliphatic heterocycles. The number of ether oxygens (including phenoxy) is 2. The van der Waals surface area contributed by atoms with Gasteiger partial charge in [-0.25, -0.2) is 9.78 Å². The Morgan fingerprint density at radius 1 is 1.20 bits per heavy atom. The zero-order valence-electron chi connectivity index (χ0n) is 17.6. The van der Waals surface area contributed by atoms with Gasteiger partial charge in [-0.2, -0.15) is 0 Å². The Kier molecular flexibility index (Phi) is 6.22. The second-order valence-corrected chi connectivity index (χ2v) is 9.41. The maximum atomic E-state index is 13.4. The number of hydrogen-bond donors (Lipinski definition) is 0. The van der Waals surface area contributed by atoms with E-state index in [1.54, 1.807) is 6.92 Å². The molecule has 2 heterocycles. The van der Waals surface area contributed by atoms with E-state index in [9.17, 15) is 14.4 Å². The first-order valence-electron chi connectivity index (χ1n) is 10.9. The summed E-state index contributed by atoms with van der Waals surface area (Å²) >= 11 is 1.47. The highest BCUT2D eigenvalue weighted by Crippen LogP contribution is 2.36. The van der Waals surface area contributed by atoms with Crippen molar-refractivity contribution in [2.75, 3.05) is 6.61 Å². The van der Waals surface area contributed by atoms with Gasteiger partial charge in [0.1, 0.15) is 17.5 Å². The maximum Gasteiger partial charge on any atom is 0.374 e. The van der Waals surface area contributed by atoms with Crippen LogP contribution in [0, 0.1) is 5.92 Å². The van der Waals surface area contributed by atoms with Gasteiger partial charge in [-0.15, -0.1) is 11.3 Å². The predicted molar refractivity (Wildman–Crippen MR) is 114 cm³/mol. The smallest absolute Gasteiger partial charge is 0.374 e. The first-order chi connectivity index (χ1) is 14.5. The molecule has 2 aromatic heterocycles. The van der Waals surface area contributed by atoms with Crippen molar-refractivity contribution in [2.24, 2.45) is 5.92 Å². The van der Waals surface area contributed by atoms with Crippen LogP contribution in [0.15, 0.2) is 4.79 Å². The van der Waals surface area contributed by atoms with Crippen LogP contribution in [0.3, 0.4) is 0 Å². The summed E-state index contributed by atoms with van der Waals surface area (Å²) in [6.45, 7) is 3.73. The molecule has 8 heteroatoms. The third-order valence-corrected chi connectivity index (χ3v) is 7.16. The van der Waals surface area contributed by atoms with E-state index in [4.69, 9.17) is 9.47 Å². The Morgan fingerprint density at radius 2 is 1.97 bits per heavy atom. The molecule has 2 aliphatic rings. The Hall–Kier alpha value is -2.22. The van der Waals surface area contributed by atoms with Crippen LogP contribution in [0.25, 0.3) is 10.2 Å². The third-order valence-electron chi connectivity index (χ3n) is 6.01. The summed E-state index contributed by atoms with van der Waals surface area (Å²) in [6, 6.07) is 0. The zero-order valence-corrected chi connectivity index (χ0v) is 18.4. The summed E-state index contributed by atoms with van der Waals surface area (Å²) in [4.78, 5) is 44.8. The molecule has 0 amide bonds. The minimum atomic E-state index is -0.693. The van der Waals surface area contributed by atoms with Crippen molar-refractivity contribution in [2.45, 2.75) is 77.9 Å². The number of hydrogen-bond acceptors (Lipinski definition) is 7. The average molecular weight is 433 g/mol. The zero-order chi connectivity index (χ0) is 21.3. The van der Waals surface area contributed by atoms with Gasteiger partial charge >= 0.3 is 11.9 Å². The molecule has 2 aliphatic carbocycles. The molecule has 0 bridgehead atoms. The number of aryl methyl sites for hydroxylation is 1. The fourth-order valence-electron chi connectivity index (χ4n) is 4.46. The topological polar surface area (TPSA) is 87.5 Å². The fraction of sp³-hybridized carbons (Fsp3) is 0.636. The lowest BCUT2D eigenvalue weighted by molar-refractivity contribution is -0.151. The number of aromatic nitrogens is 2. The number of rotatable bonds is 5. The molecular weight excluding hydrogens is 404 g/mol. The highest BCUT2D eigenvalue weighted by molar-refractivity contribution is 7.18. The van der Waals surface area contributed by atoms with E-state index in [1.807, 2.05) is 0 Å². The van der Waals surface area contributed by atoms with Crippen molar-refractivity contribution >= 4 is 33.5 Å². The highest BCUT2D eigenvalue weighted by Gasteiger charge is 2.28. The fourth-order valence-corrected chi connectivity index (χ4v) is 5.83. The van der Waals surface area contributed by atoms with Crippen LogP contribution in [0.4, 0.5) is 0 Å². The Balaban J connectivity index is 1.72. The van der Waals surface area contributed by atoms with Gasteiger partial charge in [0.05, 0.1) is 12.0 Å². The molecule has 1 atom stereocenters. The van der Waals surface area contributed by atoms with Crippen LogP contribution in [-0.2, 0) is 33.7 Å². The second-order valence-electron chi connectivity index (χ2n) is 8.33. The van der Waals surface area contributed by atoms with E-state index in [-0.39, 0.29) is 30.6 Å². The van der Waals surface area contributed by atoms with Crippen molar-refractivity contribution in [1.29, 1.82) is 0 Å². The first kappa shape index (κ1) is 21.0. The third kappa shape index (κ3) is 4.15. The number of thiophene rings is 1. The SMILES string of the molecule is CCOC(=O)c1nc2sc3c(c2c(=O)n1CC(=O)OC1CCCCC1)CCC(C)C3. The largest absolute Gasteiger partial charge is 0.461 e. The first-order valence-corrected chi connectivity index (χ1v) is 11.7. The van der Waals surface area contributed by atoms with Crippen molar-refractivity contribution in [1.82, 2.24) is 9.55 Å². The number of nitrogens with zero attached hydrogens (tertiary/aromatic N) is 2. The summed E-state index contributed by atoms with van der Waals surface area (Å²) in [7, 11) is 0. The molecule has 0 N–H and O–H groups in total. The van der Waals surface area contributed by atoms with E-state index < -0.39 is 11.9 Å². The van der Waals surface area contributed by atoms with Crippen molar-refractivity contribution in [3.8, 4) is 0 Å². The van der Waals surface area contributed by atoms with Crippen LogP contribution in [0.1, 0.15) is 73.4 Å². The average Bonchev–Trinajstić information content (AvgIpc) is 3.08. The van der Waals surface area contributed by atoms with E-state index in [0.717, 1.165) is 66.4 Å². The molecule has 1 fully saturated rings. The minimum absolute atomic E-state index is 0.111. The molecule has 0 radical (unpaired) electrons. The summed E-state index contributed by atoms with van der Waals surface area (Å²) < 4.78 is 11.9. The standard InChI is InChI=1S/C22H28N2O5S/c1-3-28-22(27)19-23-20-18(15-10-9-13(2)11-16(15)30-20)21(26)24(19)12-17(25)29-14-7-5-4-6-8-14/h13-14H,3-12H2,1-2H3. The van der Waals surface area contributed by atoms with Gasteiger partial charge in [0.25, 0.3) is 5.56 Å². The summed E-state index contributed by atoms with van der Waals surface area (Å²) in [5, 5.41) is 0.542. The number of fused-ring (bicyclic) bond motifs is 3. The normalized spacial score (nSPS) is 19.5. The van der Waals surface area contributed by atoms with Gasteiger partial charge in [-0.1, -0.05) is 13.3 Å². The molecule has 4 rings (SSSR count). The van der Waals surface area contributed by atoms with Gasteiger partial charge in [0, 0.05) is 4.88 Å². The van der Waals surface area contributed by atoms with E-state index in [2.05, 4.69) is 11.9 Å². The highest BCUT2D eigenvalue weighted by atomic mass is 32.1. The van der Waals surface area contributed by atoms with E-state index in [1.165, 1.54) is 11.3 Å². The minimum Gasteiger partial charge on any atom is -0.461 e. The van der Waals surface area contributed by atoms with Crippen LogP contribution >= 0.6 is 11.3 Å². The molecule has 1 unspecified atom stereocenters. The summed E-state index contributed by atoms with van der Waals surface area (Å²) in [6.07, 6.45) is 7.56. The lowest BCUT2D eigenvalue weighted by Crippen LogP contribution is -2.33. The van der Waals surface area contributed by atoms with Gasteiger partial charge < -0.3 is 9.47 Å². The van der Waals surface area contributed by atoms with Crippen molar-refractivity contribution in [3.05, 3.63) is 26.6 Å². The predicted octanol–water partition coefficient (Wildman–Crippen LogP) is 3.64. The molecule has 0 spiro atoms. The lowest BCUT2D eigenvalue weighted by Gasteiger charge is -2.22. The van der Waals surface area contributed by atoms with Crippen molar-refractivity contribution in [3.63, 3.8) is 0 Å². The second kappa shape index (κ2) is 8.88. The molecule has 30 heavy (non-hydrogen) atoms. The van der Waals surface area contributed by atoms with Gasteiger partial charge in [0.15, 0.2) is 0 Å². The monoisotopic (exact) mass is 432 g/mol. The van der Waals surface area contributed by atoms with Gasteiger partial charge in [-0.3, -0.25) is 14.2 Å². The Labute approximate surface area is 179 Å². The Bertz CT molecular complexity index is 1020. The van der Waals surface area contributed by atoms with Crippen molar-refractivity contribution < 1.29 is 19.1 Å². The van der Waals surface area contributed by atoms with Crippen LogP contribution < -0.4 is 5.56 Å². The molecule has 0 aromatic carbocycles. The number of esters is 2. The molecule has 0 saturated heterocycles. The molecule has 1 saturated carbocycles. The number of carbonyl (C=O) groups is 2. The van der Waals surface area contributed by atoms with E-state index >= 15 is 0 Å². The number of carbonyl (C=O) groups excluding carboxylic acids is 2. The Morgan fingerprint density at radius 3 is 2.70 bits per heavy atom. The molecule has 162 valence electrons. The quantitative estimate of drug-likeness (QED) is 0.671. The van der Waals surface area contributed by atoms with Crippen LogP contribution in [0.5, 0.6) is 0 Å². The molecular formula is C22H28N2O5S.